The van der Waals surface area contributed by atoms with E-state index in [4.69, 9.17) is 20.6 Å². The lowest BCUT2D eigenvalue weighted by Crippen LogP contribution is -2.43. The van der Waals surface area contributed by atoms with Gasteiger partial charge in [0.25, 0.3) is 0 Å². The molecule has 0 spiro atoms. The maximum atomic E-state index is 6.56. The highest BCUT2D eigenvalue weighted by molar-refractivity contribution is 5.87. The van der Waals surface area contributed by atoms with Crippen LogP contribution in [0.25, 0.3) is 39.3 Å². The van der Waals surface area contributed by atoms with Gasteiger partial charge in [0.15, 0.2) is 5.65 Å². The summed E-state index contributed by atoms with van der Waals surface area (Å²) in [5.41, 5.74) is 14.0. The van der Waals surface area contributed by atoms with Crippen LogP contribution in [0, 0.1) is 0 Å². The molecule has 2 aromatic carbocycles. The summed E-state index contributed by atoms with van der Waals surface area (Å²) in [6.07, 6.45) is 6.86. The zero-order valence-corrected chi connectivity index (χ0v) is 19.0. The van der Waals surface area contributed by atoms with Crippen LogP contribution in [0.4, 0.5) is 0 Å². The molecule has 168 valence electrons. The van der Waals surface area contributed by atoms with Crippen molar-refractivity contribution in [3.63, 3.8) is 0 Å². The Hall–Kier alpha value is -4.03. The summed E-state index contributed by atoms with van der Waals surface area (Å²) in [6.45, 7) is 0. The minimum absolute atomic E-state index is 0.192. The number of nitrogens with zero attached hydrogens (tertiary/aromatic N) is 4. The van der Waals surface area contributed by atoms with E-state index in [-0.39, 0.29) is 5.54 Å². The monoisotopic (exact) mass is 447 g/mol. The minimum Gasteiger partial charge on any atom is -0.480 e. The summed E-state index contributed by atoms with van der Waals surface area (Å²) < 4.78 is 7.45. The lowest BCUT2D eigenvalue weighted by atomic mass is 9.72. The van der Waals surface area contributed by atoms with Crippen LogP contribution in [0.3, 0.4) is 0 Å². The highest BCUT2D eigenvalue weighted by Gasteiger charge is 2.34. The van der Waals surface area contributed by atoms with Gasteiger partial charge in [-0.1, -0.05) is 60.7 Å². The molecule has 3 heterocycles. The van der Waals surface area contributed by atoms with Gasteiger partial charge in [-0.25, -0.2) is 9.50 Å². The Morgan fingerprint density at radius 2 is 1.68 bits per heavy atom. The van der Waals surface area contributed by atoms with E-state index in [2.05, 4.69) is 41.4 Å². The van der Waals surface area contributed by atoms with Crippen molar-refractivity contribution in [2.24, 2.45) is 5.73 Å². The molecule has 0 radical (unpaired) electrons. The third kappa shape index (κ3) is 3.35. The second kappa shape index (κ2) is 8.08. The zero-order valence-electron chi connectivity index (χ0n) is 19.0. The molecule has 3 aromatic heterocycles. The number of aromatic nitrogens is 4. The Labute approximate surface area is 198 Å². The summed E-state index contributed by atoms with van der Waals surface area (Å²) in [4.78, 5) is 9.43. The van der Waals surface area contributed by atoms with E-state index in [0.29, 0.717) is 5.88 Å². The van der Waals surface area contributed by atoms with E-state index < -0.39 is 0 Å². The second-order valence-electron chi connectivity index (χ2n) is 8.84. The molecule has 1 fully saturated rings. The van der Waals surface area contributed by atoms with E-state index in [1.807, 2.05) is 47.1 Å². The summed E-state index contributed by atoms with van der Waals surface area (Å²) in [7, 11) is 1.63. The maximum Gasteiger partial charge on any atom is 0.232 e. The van der Waals surface area contributed by atoms with E-state index in [9.17, 15) is 0 Å². The first-order chi connectivity index (χ1) is 16.7. The molecule has 6 rings (SSSR count). The fraction of sp³-hybridized carbons (Fsp3) is 0.179. The standard InChI is InChI=1S/C28H25N5O/c1-34-24-17-23(21-9-5-16-30-18-21)27-31-25(26(33(27)32-24)20-7-3-2-4-8-20)19-10-12-22(13-11-19)28(29)14-6-15-28/h2-5,7-13,16-18H,6,14-15,29H2,1H3. The number of fused-ring (bicyclic) bond motifs is 1. The second-order valence-corrected chi connectivity index (χ2v) is 8.84. The van der Waals surface area contributed by atoms with Crippen molar-refractivity contribution in [2.75, 3.05) is 7.11 Å². The van der Waals surface area contributed by atoms with Crippen LogP contribution in [0.1, 0.15) is 24.8 Å². The number of hydrogen-bond donors (Lipinski definition) is 1. The molecule has 1 aliphatic rings. The van der Waals surface area contributed by atoms with Crippen LogP contribution in [0.2, 0.25) is 0 Å². The van der Waals surface area contributed by atoms with Gasteiger partial charge >= 0.3 is 0 Å². The quantitative estimate of drug-likeness (QED) is 0.386. The average Bonchev–Trinajstić information content (AvgIpc) is 3.27. The number of nitrogens with two attached hydrogens (primary N) is 1. The van der Waals surface area contributed by atoms with Gasteiger partial charge in [0, 0.05) is 46.3 Å². The van der Waals surface area contributed by atoms with Crippen molar-refractivity contribution in [1.82, 2.24) is 19.6 Å². The Kier molecular flexibility index (Phi) is 4.89. The van der Waals surface area contributed by atoms with Crippen molar-refractivity contribution in [3.8, 4) is 39.5 Å². The molecule has 6 nitrogen and oxygen atoms in total. The molecule has 2 N–H and O–H groups in total. The molecule has 1 saturated carbocycles. The van der Waals surface area contributed by atoms with Crippen molar-refractivity contribution >= 4 is 5.65 Å². The number of methoxy groups -OCH3 is 1. The molecule has 34 heavy (non-hydrogen) atoms. The topological polar surface area (TPSA) is 78.3 Å². The highest BCUT2D eigenvalue weighted by atomic mass is 16.5. The summed E-state index contributed by atoms with van der Waals surface area (Å²) in [5.74, 6) is 0.512. The number of hydrogen-bond acceptors (Lipinski definition) is 5. The molecule has 6 heteroatoms. The molecule has 0 aliphatic heterocycles. The Morgan fingerprint density at radius 3 is 2.32 bits per heavy atom. The van der Waals surface area contributed by atoms with Crippen molar-refractivity contribution in [2.45, 2.75) is 24.8 Å². The number of ether oxygens (including phenoxy) is 1. The van der Waals surface area contributed by atoms with Gasteiger partial charge in [-0.3, -0.25) is 4.98 Å². The lowest BCUT2D eigenvalue weighted by molar-refractivity contribution is 0.253. The summed E-state index contributed by atoms with van der Waals surface area (Å²) >= 11 is 0. The normalized spacial score (nSPS) is 14.6. The predicted octanol–water partition coefficient (Wildman–Crippen LogP) is 5.47. The van der Waals surface area contributed by atoms with E-state index in [0.717, 1.165) is 52.1 Å². The van der Waals surface area contributed by atoms with Gasteiger partial charge < -0.3 is 10.5 Å². The number of rotatable bonds is 5. The van der Waals surface area contributed by atoms with Crippen molar-refractivity contribution < 1.29 is 4.74 Å². The average molecular weight is 448 g/mol. The first kappa shape index (κ1) is 20.6. The van der Waals surface area contributed by atoms with Crippen LogP contribution in [-0.4, -0.2) is 26.7 Å². The molecular formula is C28H25N5O. The molecule has 0 unspecified atom stereocenters. The van der Waals surface area contributed by atoms with Gasteiger partial charge in [-0.2, -0.15) is 0 Å². The minimum atomic E-state index is -0.192. The SMILES string of the molecule is COc1cc(-c2cccnc2)c2nc(-c3ccc(C4(N)CCC4)cc3)c(-c3ccccc3)n2n1. The van der Waals surface area contributed by atoms with Gasteiger partial charge in [-0.05, 0) is 30.9 Å². The molecule has 1 aliphatic carbocycles. The van der Waals surface area contributed by atoms with Gasteiger partial charge in [0.2, 0.25) is 5.88 Å². The predicted molar refractivity (Wildman–Crippen MR) is 133 cm³/mol. The molecule has 0 saturated heterocycles. The molecule has 0 atom stereocenters. The molecule has 5 aromatic rings. The maximum absolute atomic E-state index is 6.56. The van der Waals surface area contributed by atoms with Crippen LogP contribution < -0.4 is 10.5 Å². The smallest absolute Gasteiger partial charge is 0.232 e. The number of imidazole rings is 1. The van der Waals surface area contributed by atoms with Crippen LogP contribution in [0.15, 0.2) is 85.2 Å². The Bertz CT molecular complexity index is 1460. The molecular weight excluding hydrogens is 422 g/mol. The fourth-order valence-corrected chi connectivity index (χ4v) is 4.70. The first-order valence-electron chi connectivity index (χ1n) is 11.5. The van der Waals surface area contributed by atoms with Crippen molar-refractivity contribution in [3.05, 3.63) is 90.8 Å². The number of pyridine rings is 1. The van der Waals surface area contributed by atoms with Crippen LogP contribution in [0.5, 0.6) is 5.88 Å². The third-order valence-electron chi connectivity index (χ3n) is 6.77. The van der Waals surface area contributed by atoms with Gasteiger partial charge in [0.1, 0.15) is 5.69 Å². The first-order valence-corrected chi connectivity index (χ1v) is 11.5. The van der Waals surface area contributed by atoms with Crippen LogP contribution >= 0.6 is 0 Å². The number of benzene rings is 2. The van der Waals surface area contributed by atoms with Gasteiger partial charge in [0.05, 0.1) is 12.8 Å². The van der Waals surface area contributed by atoms with Gasteiger partial charge in [-0.15, -0.1) is 5.10 Å². The third-order valence-corrected chi connectivity index (χ3v) is 6.77. The zero-order chi connectivity index (χ0) is 23.1. The fourth-order valence-electron chi connectivity index (χ4n) is 4.70. The lowest BCUT2D eigenvalue weighted by Gasteiger charge is -2.38. The summed E-state index contributed by atoms with van der Waals surface area (Å²) in [5, 5.41) is 4.77. The van der Waals surface area contributed by atoms with Crippen LogP contribution in [-0.2, 0) is 5.54 Å². The van der Waals surface area contributed by atoms with E-state index in [1.54, 1.807) is 13.3 Å². The largest absolute Gasteiger partial charge is 0.480 e. The van der Waals surface area contributed by atoms with E-state index in [1.165, 1.54) is 12.0 Å². The summed E-state index contributed by atoms with van der Waals surface area (Å²) in [6, 6.07) is 24.6. The van der Waals surface area contributed by atoms with E-state index >= 15 is 0 Å². The molecule has 0 bridgehead atoms. The highest BCUT2D eigenvalue weighted by Crippen LogP contribution is 2.40. The Balaban J connectivity index is 1.61. The Morgan fingerprint density at radius 1 is 0.912 bits per heavy atom. The molecule has 0 amide bonds. The van der Waals surface area contributed by atoms with Crippen molar-refractivity contribution in [1.29, 1.82) is 0 Å².